The van der Waals surface area contributed by atoms with Crippen molar-refractivity contribution >= 4 is 11.8 Å². The van der Waals surface area contributed by atoms with Gasteiger partial charge in [0.15, 0.2) is 0 Å². The Kier molecular flexibility index (Phi) is 3.44. The van der Waals surface area contributed by atoms with Crippen molar-refractivity contribution in [2.45, 2.75) is 44.4 Å². The van der Waals surface area contributed by atoms with Gasteiger partial charge in [0.1, 0.15) is 0 Å². The fraction of sp³-hybridized carbons (Fsp3) is 0.714. The number of hydrogen-bond acceptors (Lipinski definition) is 4. The zero-order valence-corrected chi connectivity index (χ0v) is 11.2. The van der Waals surface area contributed by atoms with Crippen LogP contribution in [0.3, 0.4) is 0 Å². The Bertz CT molecular complexity index is 443. The van der Waals surface area contributed by atoms with Gasteiger partial charge in [0.25, 0.3) is 0 Å². The molecule has 1 saturated carbocycles. The molecule has 2 N–H and O–H groups in total. The van der Waals surface area contributed by atoms with Crippen molar-refractivity contribution < 1.29 is 9.32 Å². The van der Waals surface area contributed by atoms with E-state index in [0.29, 0.717) is 23.6 Å². The van der Waals surface area contributed by atoms with Crippen molar-refractivity contribution in [3.05, 3.63) is 11.8 Å². The van der Waals surface area contributed by atoms with Crippen LogP contribution in [0.1, 0.15) is 50.1 Å². The highest BCUT2D eigenvalue weighted by Gasteiger charge is 2.31. The van der Waals surface area contributed by atoms with E-state index in [2.05, 4.69) is 5.16 Å². The molecule has 3 rings (SSSR count). The number of anilines is 1. The van der Waals surface area contributed by atoms with Gasteiger partial charge in [0.2, 0.25) is 11.8 Å². The van der Waals surface area contributed by atoms with Crippen LogP contribution < -0.4 is 5.73 Å². The van der Waals surface area contributed by atoms with Crippen LogP contribution in [0.2, 0.25) is 0 Å². The normalized spacial score (nSPS) is 22.0. The molecule has 2 heterocycles. The van der Waals surface area contributed by atoms with E-state index in [1.54, 1.807) is 6.07 Å². The minimum Gasteiger partial charge on any atom is -0.368 e. The first-order valence-corrected chi connectivity index (χ1v) is 7.25. The van der Waals surface area contributed by atoms with Crippen molar-refractivity contribution in [3.8, 4) is 0 Å². The summed E-state index contributed by atoms with van der Waals surface area (Å²) in [5.41, 5.74) is 6.49. The second-order valence-electron chi connectivity index (χ2n) is 5.74. The van der Waals surface area contributed by atoms with Crippen molar-refractivity contribution in [2.24, 2.45) is 5.92 Å². The lowest BCUT2D eigenvalue weighted by Gasteiger charge is -2.32. The Hall–Kier alpha value is -1.52. The summed E-state index contributed by atoms with van der Waals surface area (Å²) < 4.78 is 4.92. The van der Waals surface area contributed by atoms with Crippen molar-refractivity contribution in [2.75, 3.05) is 18.8 Å². The highest BCUT2D eigenvalue weighted by atomic mass is 16.5. The van der Waals surface area contributed by atoms with E-state index < -0.39 is 0 Å². The van der Waals surface area contributed by atoms with E-state index >= 15 is 0 Å². The predicted octanol–water partition coefficient (Wildman–Crippen LogP) is 2.15. The Labute approximate surface area is 113 Å². The van der Waals surface area contributed by atoms with Crippen LogP contribution in [0.5, 0.6) is 0 Å². The quantitative estimate of drug-likeness (QED) is 0.887. The lowest BCUT2D eigenvalue weighted by atomic mass is 9.92. The van der Waals surface area contributed by atoms with E-state index in [0.717, 1.165) is 44.5 Å². The molecule has 5 heteroatoms. The summed E-state index contributed by atoms with van der Waals surface area (Å²) in [6.07, 6.45) is 6.52. The van der Waals surface area contributed by atoms with Crippen molar-refractivity contribution in [1.82, 2.24) is 10.1 Å². The summed E-state index contributed by atoms with van der Waals surface area (Å²) >= 11 is 0. The topological polar surface area (TPSA) is 72.4 Å². The van der Waals surface area contributed by atoms with Gasteiger partial charge in [-0.05, 0) is 25.7 Å². The molecule has 2 aliphatic rings. The van der Waals surface area contributed by atoms with E-state index in [-0.39, 0.29) is 0 Å². The minimum atomic E-state index is 0.291. The summed E-state index contributed by atoms with van der Waals surface area (Å²) in [5, 5.41) is 3.98. The molecule has 2 fully saturated rings. The minimum absolute atomic E-state index is 0.291. The van der Waals surface area contributed by atoms with Crippen LogP contribution in [-0.4, -0.2) is 29.1 Å². The monoisotopic (exact) mass is 263 g/mol. The Balaban J connectivity index is 1.55. The van der Waals surface area contributed by atoms with E-state index in [9.17, 15) is 4.79 Å². The van der Waals surface area contributed by atoms with Gasteiger partial charge in [0, 0.05) is 31.0 Å². The molecule has 0 aromatic carbocycles. The molecule has 104 valence electrons. The highest BCUT2D eigenvalue weighted by molar-refractivity contribution is 5.79. The van der Waals surface area contributed by atoms with Gasteiger partial charge in [-0.25, -0.2) is 0 Å². The first-order valence-electron chi connectivity index (χ1n) is 7.25. The van der Waals surface area contributed by atoms with Gasteiger partial charge in [-0.15, -0.1) is 0 Å². The summed E-state index contributed by atoms with van der Waals surface area (Å²) in [4.78, 5) is 14.4. The SMILES string of the molecule is Nc1cc(C2CCN(C(=O)C3CCCC3)CC2)no1. The number of rotatable bonds is 2. The molecule has 1 aromatic heterocycles. The third-order valence-electron chi connectivity index (χ3n) is 4.48. The molecular formula is C14H21N3O2. The number of nitrogen functional groups attached to an aromatic ring is 1. The number of likely N-dealkylation sites (tertiary alicyclic amines) is 1. The molecule has 1 saturated heterocycles. The van der Waals surface area contributed by atoms with Crippen LogP contribution in [0.4, 0.5) is 5.88 Å². The molecule has 5 nitrogen and oxygen atoms in total. The molecule has 1 amide bonds. The number of nitrogens with two attached hydrogens (primary N) is 1. The van der Waals surface area contributed by atoms with Gasteiger partial charge in [-0.1, -0.05) is 18.0 Å². The summed E-state index contributed by atoms with van der Waals surface area (Å²) in [6, 6.07) is 1.80. The van der Waals surface area contributed by atoms with Crippen molar-refractivity contribution in [3.63, 3.8) is 0 Å². The van der Waals surface area contributed by atoms with Crippen molar-refractivity contribution in [1.29, 1.82) is 0 Å². The maximum atomic E-state index is 12.3. The van der Waals surface area contributed by atoms with Crippen LogP contribution in [0, 0.1) is 5.92 Å². The Morgan fingerprint density at radius 3 is 2.53 bits per heavy atom. The average molecular weight is 263 g/mol. The van der Waals surface area contributed by atoms with Gasteiger partial charge >= 0.3 is 0 Å². The first kappa shape index (κ1) is 12.5. The van der Waals surface area contributed by atoms with E-state index in [1.165, 1.54) is 12.8 Å². The first-order chi connectivity index (χ1) is 9.24. The number of carbonyl (C=O) groups excluding carboxylic acids is 1. The molecule has 0 spiro atoms. The van der Waals surface area contributed by atoms with Crippen LogP contribution in [0.15, 0.2) is 10.6 Å². The molecule has 0 atom stereocenters. The number of piperidine rings is 1. The molecular weight excluding hydrogens is 242 g/mol. The molecule has 0 bridgehead atoms. The smallest absolute Gasteiger partial charge is 0.225 e. The van der Waals surface area contributed by atoms with Gasteiger partial charge in [-0.3, -0.25) is 4.79 Å². The van der Waals surface area contributed by atoms with Crippen LogP contribution in [0.25, 0.3) is 0 Å². The van der Waals surface area contributed by atoms with Gasteiger partial charge in [0.05, 0.1) is 5.69 Å². The van der Waals surface area contributed by atoms with E-state index in [4.69, 9.17) is 10.3 Å². The molecule has 0 unspecified atom stereocenters. The second kappa shape index (κ2) is 5.23. The Morgan fingerprint density at radius 2 is 1.95 bits per heavy atom. The fourth-order valence-corrected chi connectivity index (χ4v) is 3.32. The molecule has 19 heavy (non-hydrogen) atoms. The number of aromatic nitrogens is 1. The zero-order chi connectivity index (χ0) is 13.2. The van der Waals surface area contributed by atoms with Gasteiger partial charge in [-0.2, -0.15) is 0 Å². The molecule has 0 radical (unpaired) electrons. The van der Waals surface area contributed by atoms with Crippen LogP contribution >= 0.6 is 0 Å². The maximum absolute atomic E-state index is 12.3. The lowest BCUT2D eigenvalue weighted by molar-refractivity contribution is -0.136. The van der Waals surface area contributed by atoms with Gasteiger partial charge < -0.3 is 15.2 Å². The molecule has 1 aliphatic carbocycles. The van der Waals surface area contributed by atoms with E-state index in [1.807, 2.05) is 4.90 Å². The van der Waals surface area contributed by atoms with Crippen LogP contribution in [-0.2, 0) is 4.79 Å². The standard InChI is InChI=1S/C14H21N3O2/c15-13-9-12(16-19-13)10-5-7-17(8-6-10)14(18)11-3-1-2-4-11/h9-11H,1-8,15H2. The summed E-state index contributed by atoms with van der Waals surface area (Å²) in [5.74, 6) is 1.42. The second-order valence-corrected chi connectivity index (χ2v) is 5.74. The third kappa shape index (κ3) is 2.60. The summed E-state index contributed by atoms with van der Waals surface area (Å²) in [6.45, 7) is 1.68. The molecule has 1 aliphatic heterocycles. The molecule has 1 aromatic rings. The maximum Gasteiger partial charge on any atom is 0.225 e. The Morgan fingerprint density at radius 1 is 1.26 bits per heavy atom. The largest absolute Gasteiger partial charge is 0.368 e. The third-order valence-corrected chi connectivity index (χ3v) is 4.48. The summed E-state index contributed by atoms with van der Waals surface area (Å²) in [7, 11) is 0. The lowest BCUT2D eigenvalue weighted by Crippen LogP contribution is -2.40. The number of carbonyl (C=O) groups is 1. The number of amides is 1. The zero-order valence-electron chi connectivity index (χ0n) is 11.2. The average Bonchev–Trinajstić information content (AvgIpc) is 3.09. The number of nitrogens with zero attached hydrogens (tertiary/aromatic N) is 2. The fourth-order valence-electron chi connectivity index (χ4n) is 3.32. The predicted molar refractivity (Wildman–Crippen MR) is 71.4 cm³/mol. The highest BCUT2D eigenvalue weighted by Crippen LogP contribution is 2.31. The number of hydrogen-bond donors (Lipinski definition) is 1.